The van der Waals surface area contributed by atoms with E-state index >= 15 is 0 Å². The van der Waals surface area contributed by atoms with E-state index in [4.69, 9.17) is 0 Å². The van der Waals surface area contributed by atoms with Crippen LogP contribution in [0.1, 0.15) is 31.0 Å². The fourth-order valence-electron chi connectivity index (χ4n) is 2.05. The lowest BCUT2D eigenvalue weighted by Crippen LogP contribution is -2.18. The molecule has 0 unspecified atom stereocenters. The molecule has 7 heteroatoms. The van der Waals surface area contributed by atoms with Gasteiger partial charge in [-0.3, -0.25) is 4.79 Å². The number of carbonyl (C=O) groups excluding carboxylic acids is 1. The summed E-state index contributed by atoms with van der Waals surface area (Å²) in [7, 11) is 0. The zero-order valence-electron chi connectivity index (χ0n) is 12.2. The molecule has 2 rings (SSSR count). The van der Waals surface area contributed by atoms with Crippen LogP contribution in [0.5, 0.6) is 0 Å². The van der Waals surface area contributed by atoms with Crippen LogP contribution in [0.2, 0.25) is 0 Å². The zero-order valence-corrected chi connectivity index (χ0v) is 12.2. The fourth-order valence-corrected chi connectivity index (χ4v) is 2.05. The molecule has 22 heavy (non-hydrogen) atoms. The number of hydrogen-bond acceptors (Lipinski definition) is 2. The Morgan fingerprint density at radius 3 is 2.68 bits per heavy atom. The minimum absolute atomic E-state index is 0.0684. The molecule has 0 bridgehead atoms. The molecule has 0 spiro atoms. The van der Waals surface area contributed by atoms with Crippen LogP contribution < -0.4 is 5.32 Å². The minimum Gasteiger partial charge on any atom is -0.311 e. The monoisotopic (exact) mass is 311 g/mol. The largest absolute Gasteiger partial charge is 0.416 e. The van der Waals surface area contributed by atoms with Crippen molar-refractivity contribution >= 4 is 11.7 Å². The number of amides is 1. The number of anilines is 1. The minimum atomic E-state index is -4.41. The van der Waals surface area contributed by atoms with Crippen LogP contribution in [0.15, 0.2) is 36.5 Å². The molecule has 4 nitrogen and oxygen atoms in total. The number of halogens is 3. The van der Waals surface area contributed by atoms with E-state index in [9.17, 15) is 18.0 Å². The molecule has 1 amide bonds. The van der Waals surface area contributed by atoms with E-state index in [1.807, 2.05) is 13.8 Å². The molecule has 0 aliphatic carbocycles. The molecular formula is C15H16F3N3O. The van der Waals surface area contributed by atoms with Crippen LogP contribution in [-0.2, 0) is 17.4 Å². The second-order valence-corrected chi connectivity index (χ2v) is 5.18. The van der Waals surface area contributed by atoms with Crippen molar-refractivity contribution in [2.24, 2.45) is 0 Å². The summed E-state index contributed by atoms with van der Waals surface area (Å²) in [6, 6.07) is 6.47. The SMILES string of the molecule is CC(C)n1nccc1NC(=O)Cc1cccc(C(F)(F)F)c1. The average molecular weight is 311 g/mol. The van der Waals surface area contributed by atoms with Gasteiger partial charge in [0.1, 0.15) is 5.82 Å². The molecule has 1 N–H and O–H groups in total. The second-order valence-electron chi connectivity index (χ2n) is 5.18. The molecule has 0 atom stereocenters. The number of rotatable bonds is 4. The van der Waals surface area contributed by atoms with Gasteiger partial charge < -0.3 is 5.32 Å². The Morgan fingerprint density at radius 1 is 1.32 bits per heavy atom. The Balaban J connectivity index is 2.08. The van der Waals surface area contributed by atoms with E-state index in [0.717, 1.165) is 12.1 Å². The van der Waals surface area contributed by atoms with E-state index in [0.29, 0.717) is 11.4 Å². The predicted octanol–water partition coefficient (Wildman–Crippen LogP) is 3.66. The highest BCUT2D eigenvalue weighted by Gasteiger charge is 2.30. The van der Waals surface area contributed by atoms with Gasteiger partial charge in [0.25, 0.3) is 0 Å². The number of nitrogens with one attached hydrogen (secondary N) is 1. The first-order valence-electron chi connectivity index (χ1n) is 6.77. The standard InChI is InChI=1S/C15H16F3N3O/c1-10(2)21-13(6-7-19-21)20-14(22)9-11-4-3-5-12(8-11)15(16,17)18/h3-8,10H,9H2,1-2H3,(H,20,22). The lowest BCUT2D eigenvalue weighted by Gasteiger charge is -2.12. The number of nitrogens with zero attached hydrogens (tertiary/aromatic N) is 2. The Bertz CT molecular complexity index is 662. The maximum atomic E-state index is 12.6. The summed E-state index contributed by atoms with van der Waals surface area (Å²) in [5.74, 6) is 0.133. The summed E-state index contributed by atoms with van der Waals surface area (Å²) in [5.41, 5.74) is -0.451. The van der Waals surface area contributed by atoms with Crippen molar-refractivity contribution in [3.8, 4) is 0 Å². The van der Waals surface area contributed by atoms with E-state index in [-0.39, 0.29) is 18.4 Å². The van der Waals surface area contributed by atoms with Gasteiger partial charge in [0, 0.05) is 12.1 Å². The maximum absolute atomic E-state index is 12.6. The van der Waals surface area contributed by atoms with Crippen molar-refractivity contribution in [3.63, 3.8) is 0 Å². The molecule has 1 aromatic carbocycles. The molecule has 0 saturated heterocycles. The van der Waals surface area contributed by atoms with Crippen molar-refractivity contribution in [1.29, 1.82) is 0 Å². The highest BCUT2D eigenvalue weighted by atomic mass is 19.4. The summed E-state index contributed by atoms with van der Waals surface area (Å²) in [4.78, 5) is 12.0. The molecule has 0 fully saturated rings. The first-order valence-corrected chi connectivity index (χ1v) is 6.77. The van der Waals surface area contributed by atoms with Gasteiger partial charge >= 0.3 is 6.18 Å². The number of carbonyl (C=O) groups is 1. The number of benzene rings is 1. The van der Waals surface area contributed by atoms with Gasteiger partial charge in [-0.1, -0.05) is 18.2 Å². The van der Waals surface area contributed by atoms with Crippen molar-refractivity contribution in [2.45, 2.75) is 32.5 Å². The lowest BCUT2D eigenvalue weighted by molar-refractivity contribution is -0.137. The molecule has 118 valence electrons. The second kappa shape index (κ2) is 6.21. The number of hydrogen-bond donors (Lipinski definition) is 1. The molecule has 1 heterocycles. The molecule has 0 saturated carbocycles. The van der Waals surface area contributed by atoms with E-state index in [1.54, 1.807) is 16.9 Å². The van der Waals surface area contributed by atoms with Crippen molar-refractivity contribution < 1.29 is 18.0 Å². The highest BCUT2D eigenvalue weighted by Crippen LogP contribution is 2.29. The van der Waals surface area contributed by atoms with Crippen LogP contribution in [0.3, 0.4) is 0 Å². The maximum Gasteiger partial charge on any atom is 0.416 e. The van der Waals surface area contributed by atoms with Crippen molar-refractivity contribution in [3.05, 3.63) is 47.7 Å². The third-order valence-corrected chi connectivity index (χ3v) is 3.05. The molecule has 1 aromatic heterocycles. The first kappa shape index (κ1) is 16.1. The Kier molecular flexibility index (Phi) is 4.54. The Labute approximate surface area is 125 Å². The van der Waals surface area contributed by atoms with Gasteiger partial charge in [0.05, 0.1) is 18.2 Å². The summed E-state index contributed by atoms with van der Waals surface area (Å²) >= 11 is 0. The van der Waals surface area contributed by atoms with Crippen LogP contribution in [0.4, 0.5) is 19.0 Å². The summed E-state index contributed by atoms with van der Waals surface area (Å²) < 4.78 is 39.5. The summed E-state index contributed by atoms with van der Waals surface area (Å²) in [6.45, 7) is 3.82. The van der Waals surface area contributed by atoms with E-state index < -0.39 is 11.7 Å². The third kappa shape index (κ3) is 3.87. The molecule has 2 aromatic rings. The average Bonchev–Trinajstić information content (AvgIpc) is 2.86. The van der Waals surface area contributed by atoms with Crippen LogP contribution in [-0.4, -0.2) is 15.7 Å². The van der Waals surface area contributed by atoms with Gasteiger partial charge in [-0.05, 0) is 25.5 Å². The summed E-state index contributed by atoms with van der Waals surface area (Å²) in [5, 5.41) is 6.73. The topological polar surface area (TPSA) is 46.9 Å². The fraction of sp³-hybridized carbons (Fsp3) is 0.333. The highest BCUT2D eigenvalue weighted by molar-refractivity contribution is 5.91. The lowest BCUT2D eigenvalue weighted by atomic mass is 10.1. The van der Waals surface area contributed by atoms with Gasteiger partial charge in [-0.2, -0.15) is 18.3 Å². The van der Waals surface area contributed by atoms with Gasteiger partial charge in [-0.25, -0.2) is 4.68 Å². The smallest absolute Gasteiger partial charge is 0.311 e. The van der Waals surface area contributed by atoms with E-state index in [2.05, 4.69) is 10.4 Å². The van der Waals surface area contributed by atoms with Gasteiger partial charge in [0.15, 0.2) is 0 Å². The molecular weight excluding hydrogens is 295 g/mol. The van der Waals surface area contributed by atoms with Crippen LogP contribution >= 0.6 is 0 Å². The van der Waals surface area contributed by atoms with Gasteiger partial charge in [0.2, 0.25) is 5.91 Å². The zero-order chi connectivity index (χ0) is 16.3. The van der Waals surface area contributed by atoms with Crippen LogP contribution in [0, 0.1) is 0 Å². The normalized spacial score (nSPS) is 11.7. The van der Waals surface area contributed by atoms with Gasteiger partial charge in [-0.15, -0.1) is 0 Å². The van der Waals surface area contributed by atoms with Crippen molar-refractivity contribution in [2.75, 3.05) is 5.32 Å². The van der Waals surface area contributed by atoms with Crippen molar-refractivity contribution in [1.82, 2.24) is 9.78 Å². The Morgan fingerprint density at radius 2 is 2.05 bits per heavy atom. The molecule has 0 radical (unpaired) electrons. The predicted molar refractivity (Wildman–Crippen MR) is 76.4 cm³/mol. The Hall–Kier alpha value is -2.31. The summed E-state index contributed by atoms with van der Waals surface area (Å²) in [6.07, 6.45) is -2.99. The first-order chi connectivity index (χ1) is 10.3. The number of alkyl halides is 3. The third-order valence-electron chi connectivity index (χ3n) is 3.05. The molecule has 0 aliphatic rings. The number of aromatic nitrogens is 2. The quantitative estimate of drug-likeness (QED) is 0.936. The van der Waals surface area contributed by atoms with Crippen LogP contribution in [0.25, 0.3) is 0 Å². The molecule has 0 aliphatic heterocycles. The van der Waals surface area contributed by atoms with E-state index in [1.165, 1.54) is 12.1 Å².